The van der Waals surface area contributed by atoms with E-state index >= 15 is 0 Å². The Balaban J connectivity index is 3.13. The lowest BCUT2D eigenvalue weighted by molar-refractivity contribution is -0.144. The molecule has 0 saturated carbocycles. The zero-order valence-electron chi connectivity index (χ0n) is 8.38. The van der Waals surface area contributed by atoms with Crippen molar-refractivity contribution in [3.05, 3.63) is 41.0 Å². The van der Waals surface area contributed by atoms with E-state index in [-0.39, 0.29) is 5.56 Å². The van der Waals surface area contributed by atoms with Crippen LogP contribution >= 0.6 is 0 Å². The van der Waals surface area contributed by atoms with Gasteiger partial charge in [0.1, 0.15) is 5.57 Å². The number of carboxylic acids is 1. The van der Waals surface area contributed by atoms with Crippen molar-refractivity contribution in [2.24, 2.45) is 0 Å². The standard InChI is InChI=1S/C11H9F3O2/c1-7-2-4-8(5-3-7)6-9(10(15)16)11(12,13)14/h2-6H,1H3,(H,15,16). The van der Waals surface area contributed by atoms with E-state index in [0.717, 1.165) is 5.56 Å². The number of carboxylic acid groups (broad SMARTS) is 1. The molecule has 0 radical (unpaired) electrons. The minimum absolute atomic E-state index is 0.209. The molecule has 0 amide bonds. The van der Waals surface area contributed by atoms with Crippen molar-refractivity contribution in [1.29, 1.82) is 0 Å². The molecule has 0 spiro atoms. The van der Waals surface area contributed by atoms with Crippen LogP contribution in [0.4, 0.5) is 13.2 Å². The van der Waals surface area contributed by atoms with E-state index in [9.17, 15) is 18.0 Å². The smallest absolute Gasteiger partial charge is 0.423 e. The van der Waals surface area contributed by atoms with Gasteiger partial charge in [-0.3, -0.25) is 0 Å². The van der Waals surface area contributed by atoms with E-state index in [1.807, 2.05) is 0 Å². The summed E-state index contributed by atoms with van der Waals surface area (Å²) in [6, 6.07) is 6.09. The lowest BCUT2D eigenvalue weighted by atomic mass is 10.1. The van der Waals surface area contributed by atoms with Crippen LogP contribution in [-0.2, 0) is 4.79 Å². The number of aliphatic carboxylic acids is 1. The summed E-state index contributed by atoms with van der Waals surface area (Å²) in [5.74, 6) is -1.98. The van der Waals surface area contributed by atoms with E-state index in [1.54, 1.807) is 19.1 Å². The average molecular weight is 230 g/mol. The maximum Gasteiger partial charge on any atom is 0.423 e. The Morgan fingerprint density at radius 1 is 1.25 bits per heavy atom. The molecule has 0 aromatic heterocycles. The molecule has 0 aliphatic rings. The van der Waals surface area contributed by atoms with E-state index in [0.29, 0.717) is 6.08 Å². The van der Waals surface area contributed by atoms with Gasteiger partial charge in [-0.05, 0) is 18.6 Å². The van der Waals surface area contributed by atoms with Crippen LogP contribution in [0.5, 0.6) is 0 Å². The van der Waals surface area contributed by atoms with Gasteiger partial charge in [0, 0.05) is 0 Å². The first kappa shape index (κ1) is 12.3. The monoisotopic (exact) mass is 230 g/mol. The van der Waals surface area contributed by atoms with Crippen LogP contribution in [0.1, 0.15) is 11.1 Å². The summed E-state index contributed by atoms with van der Waals surface area (Å²) in [6.07, 6.45) is -4.24. The minimum Gasteiger partial charge on any atom is -0.478 e. The van der Waals surface area contributed by atoms with Crippen LogP contribution in [0.3, 0.4) is 0 Å². The molecule has 1 aromatic rings. The second-order valence-electron chi connectivity index (χ2n) is 3.27. The van der Waals surface area contributed by atoms with Gasteiger partial charge >= 0.3 is 12.1 Å². The Bertz CT molecular complexity index is 416. The fourth-order valence-electron chi connectivity index (χ4n) is 1.09. The zero-order chi connectivity index (χ0) is 12.3. The molecule has 16 heavy (non-hydrogen) atoms. The normalized spacial score (nSPS) is 12.6. The highest BCUT2D eigenvalue weighted by Crippen LogP contribution is 2.27. The lowest BCUT2D eigenvalue weighted by Crippen LogP contribution is -2.19. The first-order valence-corrected chi connectivity index (χ1v) is 4.39. The van der Waals surface area contributed by atoms with Gasteiger partial charge in [0.15, 0.2) is 0 Å². The largest absolute Gasteiger partial charge is 0.478 e. The number of hydrogen-bond donors (Lipinski definition) is 1. The summed E-state index contributed by atoms with van der Waals surface area (Å²) >= 11 is 0. The van der Waals surface area contributed by atoms with Gasteiger partial charge in [0.2, 0.25) is 0 Å². The van der Waals surface area contributed by atoms with Gasteiger partial charge < -0.3 is 5.11 Å². The summed E-state index contributed by atoms with van der Waals surface area (Å²) in [6.45, 7) is 1.79. The summed E-state index contributed by atoms with van der Waals surface area (Å²) in [5.41, 5.74) is -0.474. The van der Waals surface area contributed by atoms with Crippen LogP contribution in [-0.4, -0.2) is 17.3 Å². The minimum atomic E-state index is -4.85. The highest BCUT2D eigenvalue weighted by molar-refractivity contribution is 5.93. The molecule has 1 N–H and O–H groups in total. The first-order valence-electron chi connectivity index (χ1n) is 4.39. The molecular weight excluding hydrogens is 221 g/mol. The van der Waals surface area contributed by atoms with E-state index in [1.165, 1.54) is 12.1 Å². The second kappa shape index (κ2) is 4.38. The van der Waals surface area contributed by atoms with Crippen molar-refractivity contribution in [3.8, 4) is 0 Å². The molecule has 1 rings (SSSR count). The summed E-state index contributed by atoms with van der Waals surface area (Å²) in [4.78, 5) is 10.4. The quantitative estimate of drug-likeness (QED) is 0.793. The van der Waals surface area contributed by atoms with Crippen molar-refractivity contribution in [2.45, 2.75) is 13.1 Å². The van der Waals surface area contributed by atoms with Gasteiger partial charge in [0.05, 0.1) is 0 Å². The van der Waals surface area contributed by atoms with Crippen LogP contribution < -0.4 is 0 Å². The molecule has 0 bridgehead atoms. The number of halogens is 3. The Morgan fingerprint density at radius 3 is 2.12 bits per heavy atom. The van der Waals surface area contributed by atoms with E-state index in [4.69, 9.17) is 5.11 Å². The Morgan fingerprint density at radius 2 is 1.75 bits per heavy atom. The highest BCUT2D eigenvalue weighted by atomic mass is 19.4. The molecule has 86 valence electrons. The number of hydrogen-bond acceptors (Lipinski definition) is 1. The topological polar surface area (TPSA) is 37.3 Å². The fourth-order valence-corrected chi connectivity index (χ4v) is 1.09. The van der Waals surface area contributed by atoms with Crippen LogP contribution in [0.25, 0.3) is 6.08 Å². The van der Waals surface area contributed by atoms with Gasteiger partial charge in [0.25, 0.3) is 0 Å². The molecule has 0 aliphatic carbocycles. The Kier molecular flexibility index (Phi) is 3.37. The predicted molar refractivity (Wildman–Crippen MR) is 52.8 cm³/mol. The van der Waals surface area contributed by atoms with E-state index in [2.05, 4.69) is 0 Å². The second-order valence-corrected chi connectivity index (χ2v) is 3.27. The van der Waals surface area contributed by atoms with Gasteiger partial charge in [-0.2, -0.15) is 13.2 Å². The Hall–Kier alpha value is -1.78. The van der Waals surface area contributed by atoms with Crippen LogP contribution in [0, 0.1) is 6.92 Å². The number of rotatable bonds is 2. The van der Waals surface area contributed by atoms with Crippen LogP contribution in [0.2, 0.25) is 0 Å². The van der Waals surface area contributed by atoms with Gasteiger partial charge in [-0.1, -0.05) is 29.8 Å². The summed E-state index contributed by atoms with van der Waals surface area (Å²) in [7, 11) is 0. The van der Waals surface area contributed by atoms with Crippen molar-refractivity contribution >= 4 is 12.0 Å². The molecule has 0 aliphatic heterocycles. The average Bonchev–Trinajstić information content (AvgIpc) is 2.14. The molecule has 2 nitrogen and oxygen atoms in total. The molecule has 0 saturated heterocycles. The van der Waals surface area contributed by atoms with Crippen LogP contribution in [0.15, 0.2) is 29.8 Å². The molecular formula is C11H9F3O2. The van der Waals surface area contributed by atoms with Crippen molar-refractivity contribution in [3.63, 3.8) is 0 Å². The molecule has 0 atom stereocenters. The molecule has 0 fully saturated rings. The van der Waals surface area contributed by atoms with Crippen molar-refractivity contribution < 1.29 is 23.1 Å². The van der Waals surface area contributed by atoms with Crippen molar-refractivity contribution in [1.82, 2.24) is 0 Å². The Labute approximate surface area is 90.0 Å². The zero-order valence-corrected chi connectivity index (χ0v) is 8.38. The third kappa shape index (κ3) is 3.12. The predicted octanol–water partition coefficient (Wildman–Crippen LogP) is 3.03. The van der Waals surface area contributed by atoms with Gasteiger partial charge in [-0.25, -0.2) is 4.79 Å². The fraction of sp³-hybridized carbons (Fsp3) is 0.182. The number of aryl methyl sites for hydroxylation is 1. The van der Waals surface area contributed by atoms with E-state index < -0.39 is 17.7 Å². The number of carbonyl (C=O) groups is 1. The first-order chi connectivity index (χ1) is 7.30. The molecule has 5 heteroatoms. The molecule has 0 heterocycles. The third-order valence-corrected chi connectivity index (χ3v) is 1.92. The summed E-state index contributed by atoms with van der Waals surface area (Å²) in [5, 5.41) is 8.44. The highest BCUT2D eigenvalue weighted by Gasteiger charge is 2.38. The van der Waals surface area contributed by atoms with Crippen molar-refractivity contribution in [2.75, 3.05) is 0 Å². The molecule has 0 unspecified atom stereocenters. The number of alkyl halides is 3. The third-order valence-electron chi connectivity index (χ3n) is 1.92. The maximum absolute atomic E-state index is 12.3. The lowest BCUT2D eigenvalue weighted by Gasteiger charge is -2.06. The number of benzene rings is 1. The molecule has 1 aromatic carbocycles. The SMILES string of the molecule is Cc1ccc(C=C(C(=O)O)C(F)(F)F)cc1. The van der Waals surface area contributed by atoms with Gasteiger partial charge in [-0.15, -0.1) is 0 Å². The summed E-state index contributed by atoms with van der Waals surface area (Å²) < 4.78 is 36.9. The maximum atomic E-state index is 12.3.